The van der Waals surface area contributed by atoms with Crippen molar-refractivity contribution in [2.45, 2.75) is 20.8 Å². The zero-order valence-electron chi connectivity index (χ0n) is 12.3. The summed E-state index contributed by atoms with van der Waals surface area (Å²) < 4.78 is 0. The monoisotopic (exact) mass is 295 g/mol. The van der Waals surface area contributed by atoms with Crippen molar-refractivity contribution in [2.24, 2.45) is 5.41 Å². The molecule has 2 rings (SSSR count). The maximum atomic E-state index is 12.2. The lowest BCUT2D eigenvalue weighted by molar-refractivity contribution is -0.139. The molecular weight excluding hydrogens is 274 g/mol. The van der Waals surface area contributed by atoms with Crippen LogP contribution < -0.4 is 10.6 Å². The van der Waals surface area contributed by atoms with E-state index in [9.17, 15) is 4.79 Å². The minimum absolute atomic E-state index is 0.209. The molecule has 0 aromatic heterocycles. The SMILES string of the molecule is CC(C)(C)C(=O)N1CCN(c2ccc(N)cc2Cl)CC1. The van der Waals surface area contributed by atoms with E-state index in [1.807, 2.05) is 37.8 Å². The largest absolute Gasteiger partial charge is 0.399 e. The number of benzene rings is 1. The summed E-state index contributed by atoms with van der Waals surface area (Å²) in [4.78, 5) is 16.4. The van der Waals surface area contributed by atoms with E-state index < -0.39 is 0 Å². The number of nitrogens with zero attached hydrogens (tertiary/aromatic N) is 2. The molecule has 1 aromatic rings. The number of carbonyl (C=O) groups is 1. The van der Waals surface area contributed by atoms with E-state index in [2.05, 4.69) is 4.90 Å². The second-order valence-corrected chi connectivity index (χ2v) is 6.65. The van der Waals surface area contributed by atoms with E-state index in [0.29, 0.717) is 10.7 Å². The molecule has 20 heavy (non-hydrogen) atoms. The molecule has 1 aliphatic heterocycles. The number of hydrogen-bond donors (Lipinski definition) is 1. The van der Waals surface area contributed by atoms with E-state index in [0.717, 1.165) is 31.9 Å². The van der Waals surface area contributed by atoms with Gasteiger partial charge in [-0.3, -0.25) is 4.79 Å². The Morgan fingerprint density at radius 2 is 1.80 bits per heavy atom. The number of hydrogen-bond acceptors (Lipinski definition) is 3. The first-order valence-electron chi connectivity index (χ1n) is 6.88. The van der Waals surface area contributed by atoms with Gasteiger partial charge < -0.3 is 15.5 Å². The summed E-state index contributed by atoms with van der Waals surface area (Å²) in [5.41, 5.74) is 7.05. The molecular formula is C15H22ClN3O. The number of carbonyl (C=O) groups excluding carboxylic acids is 1. The highest BCUT2D eigenvalue weighted by Gasteiger charge is 2.29. The summed E-state index contributed by atoms with van der Waals surface area (Å²) in [7, 11) is 0. The number of amides is 1. The van der Waals surface area contributed by atoms with Gasteiger partial charge in [0.15, 0.2) is 0 Å². The molecule has 0 aliphatic carbocycles. The standard InChI is InChI=1S/C15H22ClN3O/c1-15(2,3)14(20)19-8-6-18(7-9-19)13-5-4-11(17)10-12(13)16/h4-5,10H,6-9,17H2,1-3H3. The van der Waals surface area contributed by atoms with Crippen LogP contribution in [0.2, 0.25) is 5.02 Å². The molecule has 1 aliphatic rings. The first-order chi connectivity index (χ1) is 9.29. The van der Waals surface area contributed by atoms with Gasteiger partial charge >= 0.3 is 0 Å². The Balaban J connectivity index is 2.03. The van der Waals surface area contributed by atoms with Crippen molar-refractivity contribution in [3.8, 4) is 0 Å². The van der Waals surface area contributed by atoms with Crippen molar-refractivity contribution in [1.29, 1.82) is 0 Å². The van der Waals surface area contributed by atoms with Crippen LogP contribution in [0, 0.1) is 5.41 Å². The maximum Gasteiger partial charge on any atom is 0.228 e. The second kappa shape index (κ2) is 5.52. The van der Waals surface area contributed by atoms with Crippen molar-refractivity contribution in [3.05, 3.63) is 23.2 Å². The Morgan fingerprint density at radius 1 is 1.20 bits per heavy atom. The number of anilines is 2. The third kappa shape index (κ3) is 3.18. The van der Waals surface area contributed by atoms with Gasteiger partial charge in [0.1, 0.15) is 0 Å². The summed E-state index contributed by atoms with van der Waals surface area (Å²) >= 11 is 6.23. The second-order valence-electron chi connectivity index (χ2n) is 6.24. The molecule has 0 radical (unpaired) electrons. The van der Waals surface area contributed by atoms with Crippen LogP contribution in [0.4, 0.5) is 11.4 Å². The molecule has 0 saturated carbocycles. The summed E-state index contributed by atoms with van der Waals surface area (Å²) in [5, 5.41) is 0.667. The fraction of sp³-hybridized carbons (Fsp3) is 0.533. The molecule has 110 valence electrons. The number of nitrogen functional groups attached to an aromatic ring is 1. The average Bonchev–Trinajstić information content (AvgIpc) is 2.37. The van der Waals surface area contributed by atoms with Crippen LogP contribution in [-0.4, -0.2) is 37.0 Å². The predicted molar refractivity (Wildman–Crippen MR) is 84.1 cm³/mol. The lowest BCUT2D eigenvalue weighted by Crippen LogP contribution is -2.51. The molecule has 4 nitrogen and oxygen atoms in total. The summed E-state index contributed by atoms with van der Waals surface area (Å²) in [5.74, 6) is 0.209. The number of nitrogens with two attached hydrogens (primary N) is 1. The summed E-state index contributed by atoms with van der Waals surface area (Å²) in [6.07, 6.45) is 0. The van der Waals surface area contributed by atoms with Crippen LogP contribution in [-0.2, 0) is 4.79 Å². The van der Waals surface area contributed by atoms with E-state index >= 15 is 0 Å². The molecule has 0 spiro atoms. The number of piperazine rings is 1. The van der Waals surface area contributed by atoms with Gasteiger partial charge in [0.05, 0.1) is 10.7 Å². The number of rotatable bonds is 1. The van der Waals surface area contributed by atoms with Crippen LogP contribution in [0.1, 0.15) is 20.8 Å². The smallest absolute Gasteiger partial charge is 0.228 e. The molecule has 1 amide bonds. The Bertz CT molecular complexity index is 502. The molecule has 1 saturated heterocycles. The van der Waals surface area contributed by atoms with Crippen LogP contribution in [0.5, 0.6) is 0 Å². The van der Waals surface area contributed by atoms with Crippen LogP contribution >= 0.6 is 11.6 Å². The third-order valence-electron chi connectivity index (χ3n) is 3.52. The topological polar surface area (TPSA) is 49.6 Å². The Labute approximate surface area is 125 Å². The Hall–Kier alpha value is -1.42. The minimum atomic E-state index is -0.318. The van der Waals surface area contributed by atoms with Gasteiger partial charge in [-0.15, -0.1) is 0 Å². The van der Waals surface area contributed by atoms with Crippen LogP contribution in [0.15, 0.2) is 18.2 Å². The quantitative estimate of drug-likeness (QED) is 0.810. The molecule has 0 atom stereocenters. The highest BCUT2D eigenvalue weighted by atomic mass is 35.5. The Kier molecular flexibility index (Phi) is 4.14. The predicted octanol–water partition coefficient (Wildman–Crippen LogP) is 2.62. The molecule has 0 unspecified atom stereocenters. The van der Waals surface area contributed by atoms with Gasteiger partial charge in [0.2, 0.25) is 5.91 Å². The van der Waals surface area contributed by atoms with E-state index in [4.69, 9.17) is 17.3 Å². The minimum Gasteiger partial charge on any atom is -0.399 e. The lowest BCUT2D eigenvalue weighted by atomic mass is 9.94. The van der Waals surface area contributed by atoms with E-state index in [-0.39, 0.29) is 11.3 Å². The van der Waals surface area contributed by atoms with Crippen molar-refractivity contribution < 1.29 is 4.79 Å². The van der Waals surface area contributed by atoms with Gasteiger partial charge in [0, 0.05) is 37.3 Å². The van der Waals surface area contributed by atoms with Crippen molar-refractivity contribution in [3.63, 3.8) is 0 Å². The van der Waals surface area contributed by atoms with E-state index in [1.165, 1.54) is 0 Å². The van der Waals surface area contributed by atoms with Gasteiger partial charge in [-0.2, -0.15) is 0 Å². The highest BCUT2D eigenvalue weighted by Crippen LogP contribution is 2.29. The fourth-order valence-electron chi connectivity index (χ4n) is 2.40. The zero-order chi connectivity index (χ0) is 14.9. The van der Waals surface area contributed by atoms with Gasteiger partial charge in [0.25, 0.3) is 0 Å². The van der Waals surface area contributed by atoms with Crippen molar-refractivity contribution in [1.82, 2.24) is 4.90 Å². The zero-order valence-corrected chi connectivity index (χ0v) is 13.1. The Morgan fingerprint density at radius 3 is 2.30 bits per heavy atom. The summed E-state index contributed by atoms with van der Waals surface area (Å²) in [6, 6.07) is 5.57. The normalized spacial score (nSPS) is 16.4. The fourth-order valence-corrected chi connectivity index (χ4v) is 2.71. The first-order valence-corrected chi connectivity index (χ1v) is 7.26. The van der Waals surface area contributed by atoms with Gasteiger partial charge in [-0.25, -0.2) is 0 Å². The maximum absolute atomic E-state index is 12.2. The van der Waals surface area contributed by atoms with Crippen molar-refractivity contribution >= 4 is 28.9 Å². The first kappa shape index (κ1) is 15.0. The van der Waals surface area contributed by atoms with Crippen LogP contribution in [0.3, 0.4) is 0 Å². The molecule has 5 heteroatoms. The molecule has 2 N–H and O–H groups in total. The molecule has 1 fully saturated rings. The highest BCUT2D eigenvalue weighted by molar-refractivity contribution is 6.33. The van der Waals surface area contributed by atoms with Gasteiger partial charge in [-0.05, 0) is 18.2 Å². The lowest BCUT2D eigenvalue weighted by Gasteiger charge is -2.39. The van der Waals surface area contributed by atoms with Gasteiger partial charge in [-0.1, -0.05) is 32.4 Å². The average molecular weight is 296 g/mol. The van der Waals surface area contributed by atoms with Crippen LogP contribution in [0.25, 0.3) is 0 Å². The molecule has 0 bridgehead atoms. The van der Waals surface area contributed by atoms with E-state index in [1.54, 1.807) is 6.07 Å². The number of halogens is 1. The summed E-state index contributed by atoms with van der Waals surface area (Å²) in [6.45, 7) is 8.93. The molecule has 1 aromatic carbocycles. The molecule has 1 heterocycles. The third-order valence-corrected chi connectivity index (χ3v) is 3.82. The van der Waals surface area contributed by atoms with Crippen molar-refractivity contribution in [2.75, 3.05) is 36.8 Å².